The molecule has 1 aliphatic rings. The Balaban J connectivity index is 0.00000450. The average molecular weight is 535 g/mol. The van der Waals surface area contributed by atoms with Gasteiger partial charge in [-0.3, -0.25) is 9.89 Å². The summed E-state index contributed by atoms with van der Waals surface area (Å²) < 4.78 is 18.9. The lowest BCUT2D eigenvalue weighted by molar-refractivity contribution is 0.0179. The van der Waals surface area contributed by atoms with Gasteiger partial charge in [-0.1, -0.05) is 26.0 Å². The van der Waals surface area contributed by atoms with Crippen molar-refractivity contribution in [1.82, 2.24) is 20.4 Å². The lowest BCUT2D eigenvalue weighted by atomic mass is 10.0. The molecule has 1 aliphatic heterocycles. The molecule has 172 valence electrons. The number of rotatable bonds is 11. The molecule has 0 aromatic heterocycles. The van der Waals surface area contributed by atoms with Gasteiger partial charge in [-0.2, -0.15) is 0 Å². The molecule has 0 bridgehead atoms. The Morgan fingerprint density at radius 2 is 1.80 bits per heavy atom. The smallest absolute Gasteiger partial charge is 0.191 e. The van der Waals surface area contributed by atoms with Crippen LogP contribution < -0.4 is 10.6 Å². The molecule has 0 spiro atoms. The predicted molar refractivity (Wildman–Crippen MR) is 133 cm³/mol. The molecule has 1 aromatic carbocycles. The van der Waals surface area contributed by atoms with E-state index in [-0.39, 0.29) is 35.8 Å². The maximum atomic E-state index is 13.4. The van der Waals surface area contributed by atoms with Gasteiger partial charge in [-0.05, 0) is 50.7 Å². The normalized spacial score (nSPS) is 16.2. The monoisotopic (exact) mass is 535 g/mol. The van der Waals surface area contributed by atoms with Crippen molar-refractivity contribution in [2.24, 2.45) is 4.99 Å². The summed E-state index contributed by atoms with van der Waals surface area (Å²) in [5, 5.41) is 6.79. The van der Waals surface area contributed by atoms with Crippen LogP contribution in [0.15, 0.2) is 29.3 Å². The summed E-state index contributed by atoms with van der Waals surface area (Å²) in [5.41, 5.74) is 1.09. The van der Waals surface area contributed by atoms with Crippen LogP contribution in [0.4, 0.5) is 4.39 Å². The zero-order valence-corrected chi connectivity index (χ0v) is 21.0. The maximum absolute atomic E-state index is 13.4. The summed E-state index contributed by atoms with van der Waals surface area (Å²) in [6, 6.07) is 6.92. The Morgan fingerprint density at radius 3 is 2.40 bits per heavy atom. The SMILES string of the molecule is CCNC(=NCC(c1ccc(F)cc1)N1CCOCC1)NCCCN(CC)CC.I. The summed E-state index contributed by atoms with van der Waals surface area (Å²) >= 11 is 0. The summed E-state index contributed by atoms with van der Waals surface area (Å²) in [6.45, 7) is 15.3. The molecule has 1 heterocycles. The van der Waals surface area contributed by atoms with E-state index in [4.69, 9.17) is 9.73 Å². The van der Waals surface area contributed by atoms with Crippen molar-refractivity contribution in [3.8, 4) is 0 Å². The van der Waals surface area contributed by atoms with Gasteiger partial charge in [0.2, 0.25) is 0 Å². The zero-order valence-electron chi connectivity index (χ0n) is 18.7. The van der Waals surface area contributed by atoms with Gasteiger partial charge in [0.25, 0.3) is 0 Å². The Hall–Kier alpha value is -0.970. The number of benzene rings is 1. The fraction of sp³-hybridized carbons (Fsp3) is 0.682. The number of guanidine groups is 1. The molecule has 0 saturated carbocycles. The van der Waals surface area contributed by atoms with Crippen molar-refractivity contribution < 1.29 is 9.13 Å². The minimum Gasteiger partial charge on any atom is -0.379 e. The summed E-state index contributed by atoms with van der Waals surface area (Å²) in [4.78, 5) is 9.65. The number of halogens is 2. The second-order valence-electron chi connectivity index (χ2n) is 7.24. The average Bonchev–Trinajstić information content (AvgIpc) is 2.76. The molecule has 30 heavy (non-hydrogen) atoms. The molecule has 8 heteroatoms. The summed E-state index contributed by atoms with van der Waals surface area (Å²) in [5.74, 6) is 0.633. The second kappa shape index (κ2) is 15.8. The lowest BCUT2D eigenvalue weighted by Crippen LogP contribution is -2.42. The molecule has 1 aromatic rings. The second-order valence-corrected chi connectivity index (χ2v) is 7.24. The van der Waals surface area contributed by atoms with Crippen molar-refractivity contribution in [3.63, 3.8) is 0 Å². The van der Waals surface area contributed by atoms with Crippen molar-refractivity contribution in [2.45, 2.75) is 33.2 Å². The minimum absolute atomic E-state index is 0. The van der Waals surface area contributed by atoms with Crippen LogP contribution in [0.3, 0.4) is 0 Å². The van der Waals surface area contributed by atoms with Crippen LogP contribution in [-0.4, -0.2) is 81.3 Å². The van der Waals surface area contributed by atoms with Crippen molar-refractivity contribution in [2.75, 3.05) is 65.6 Å². The van der Waals surface area contributed by atoms with Gasteiger partial charge in [-0.25, -0.2) is 4.39 Å². The molecule has 0 amide bonds. The Bertz CT molecular complexity index is 592. The quantitative estimate of drug-likeness (QED) is 0.198. The highest BCUT2D eigenvalue weighted by atomic mass is 127. The Morgan fingerprint density at radius 1 is 1.13 bits per heavy atom. The van der Waals surface area contributed by atoms with Crippen LogP contribution in [-0.2, 0) is 4.74 Å². The number of hydrogen-bond acceptors (Lipinski definition) is 4. The van der Waals surface area contributed by atoms with E-state index in [2.05, 4.69) is 41.2 Å². The van der Waals surface area contributed by atoms with Gasteiger partial charge >= 0.3 is 0 Å². The third-order valence-electron chi connectivity index (χ3n) is 5.35. The summed E-state index contributed by atoms with van der Waals surface area (Å²) in [6.07, 6.45) is 1.08. The molecule has 0 radical (unpaired) electrons. The van der Waals surface area contributed by atoms with Crippen LogP contribution in [0.25, 0.3) is 0 Å². The highest BCUT2D eigenvalue weighted by Crippen LogP contribution is 2.22. The summed E-state index contributed by atoms with van der Waals surface area (Å²) in [7, 11) is 0. The maximum Gasteiger partial charge on any atom is 0.191 e. The largest absolute Gasteiger partial charge is 0.379 e. The van der Waals surface area contributed by atoms with Gasteiger partial charge < -0.3 is 20.3 Å². The van der Waals surface area contributed by atoms with E-state index < -0.39 is 0 Å². The number of ether oxygens (including phenoxy) is 1. The molecule has 1 atom stereocenters. The fourth-order valence-electron chi connectivity index (χ4n) is 3.57. The van der Waals surface area contributed by atoms with E-state index in [0.29, 0.717) is 6.54 Å². The number of morpholine rings is 1. The molecule has 1 unspecified atom stereocenters. The van der Waals surface area contributed by atoms with E-state index in [9.17, 15) is 4.39 Å². The lowest BCUT2D eigenvalue weighted by Gasteiger charge is -2.34. The number of hydrogen-bond donors (Lipinski definition) is 2. The molecular weight excluding hydrogens is 496 g/mol. The fourth-order valence-corrected chi connectivity index (χ4v) is 3.57. The van der Waals surface area contributed by atoms with Gasteiger partial charge in [0.1, 0.15) is 5.82 Å². The van der Waals surface area contributed by atoms with Crippen molar-refractivity contribution in [3.05, 3.63) is 35.6 Å². The van der Waals surface area contributed by atoms with E-state index in [1.165, 1.54) is 12.1 Å². The standard InChI is InChI=1S/C22H38FN5O.HI/c1-4-24-22(25-12-7-13-27(5-2)6-3)26-18-21(28-14-16-29-17-15-28)19-8-10-20(23)11-9-19;/h8-11,21H,4-7,12-18H2,1-3H3,(H2,24,25,26);1H. The van der Waals surface area contributed by atoms with E-state index >= 15 is 0 Å². The van der Waals surface area contributed by atoms with E-state index in [1.807, 2.05) is 12.1 Å². The molecule has 0 aliphatic carbocycles. The van der Waals surface area contributed by atoms with Gasteiger partial charge in [0.05, 0.1) is 25.8 Å². The third-order valence-corrected chi connectivity index (χ3v) is 5.35. The first-order chi connectivity index (χ1) is 14.2. The highest BCUT2D eigenvalue weighted by Gasteiger charge is 2.22. The van der Waals surface area contributed by atoms with Crippen molar-refractivity contribution >= 4 is 29.9 Å². The van der Waals surface area contributed by atoms with Gasteiger partial charge in [0.15, 0.2) is 5.96 Å². The molecule has 1 saturated heterocycles. The molecule has 2 N–H and O–H groups in total. The Kier molecular flexibility index (Phi) is 14.2. The minimum atomic E-state index is -0.207. The third kappa shape index (κ3) is 9.45. The van der Waals surface area contributed by atoms with Crippen LogP contribution >= 0.6 is 24.0 Å². The Labute approximate surface area is 198 Å². The molecule has 6 nitrogen and oxygen atoms in total. The predicted octanol–water partition coefficient (Wildman–Crippen LogP) is 3.10. The van der Waals surface area contributed by atoms with Gasteiger partial charge in [-0.15, -0.1) is 24.0 Å². The first-order valence-electron chi connectivity index (χ1n) is 11.0. The number of nitrogens with zero attached hydrogens (tertiary/aromatic N) is 3. The molecule has 1 fully saturated rings. The van der Waals surface area contributed by atoms with Gasteiger partial charge in [0, 0.05) is 26.2 Å². The van der Waals surface area contributed by atoms with Crippen LogP contribution in [0, 0.1) is 5.82 Å². The number of aliphatic imine (C=N–C) groups is 1. The van der Waals surface area contributed by atoms with Crippen LogP contribution in [0.2, 0.25) is 0 Å². The van der Waals surface area contributed by atoms with Crippen LogP contribution in [0.1, 0.15) is 38.8 Å². The van der Waals surface area contributed by atoms with Crippen molar-refractivity contribution in [1.29, 1.82) is 0 Å². The first-order valence-corrected chi connectivity index (χ1v) is 11.0. The number of nitrogens with one attached hydrogen (secondary N) is 2. The highest BCUT2D eigenvalue weighted by molar-refractivity contribution is 14.0. The molecular formula is C22H39FIN5O. The first kappa shape index (κ1) is 27.1. The van der Waals surface area contributed by atoms with E-state index in [0.717, 1.165) is 77.0 Å². The topological polar surface area (TPSA) is 52.1 Å². The molecule has 2 rings (SSSR count). The van der Waals surface area contributed by atoms with Crippen LogP contribution in [0.5, 0.6) is 0 Å². The zero-order chi connectivity index (χ0) is 20.9. The van der Waals surface area contributed by atoms with E-state index in [1.54, 1.807) is 0 Å².